The van der Waals surface area contributed by atoms with Crippen molar-refractivity contribution in [1.82, 2.24) is 10.6 Å². The SMILES string of the molecule is CNC(=O)CNC1CCCC1CO. The van der Waals surface area contributed by atoms with Gasteiger partial charge in [0.1, 0.15) is 0 Å². The van der Waals surface area contributed by atoms with Crippen molar-refractivity contribution < 1.29 is 9.90 Å². The van der Waals surface area contributed by atoms with Crippen LogP contribution in [-0.2, 0) is 4.79 Å². The summed E-state index contributed by atoms with van der Waals surface area (Å²) in [4.78, 5) is 10.9. The minimum absolute atomic E-state index is 0.00332. The van der Waals surface area contributed by atoms with Crippen molar-refractivity contribution in [2.75, 3.05) is 20.2 Å². The van der Waals surface area contributed by atoms with Crippen LogP contribution in [0.15, 0.2) is 0 Å². The van der Waals surface area contributed by atoms with Gasteiger partial charge in [0.05, 0.1) is 6.54 Å². The van der Waals surface area contributed by atoms with Gasteiger partial charge in [-0.2, -0.15) is 0 Å². The Kier molecular flexibility index (Phi) is 4.18. The van der Waals surface area contributed by atoms with Gasteiger partial charge in [0, 0.05) is 19.7 Å². The molecular formula is C9H18N2O2. The first-order chi connectivity index (χ1) is 6.27. The lowest BCUT2D eigenvalue weighted by atomic mass is 10.1. The number of hydrogen-bond acceptors (Lipinski definition) is 3. The Bertz CT molecular complexity index is 173. The van der Waals surface area contributed by atoms with E-state index in [4.69, 9.17) is 5.11 Å². The van der Waals surface area contributed by atoms with Gasteiger partial charge in [-0.05, 0) is 18.8 Å². The highest BCUT2D eigenvalue weighted by atomic mass is 16.3. The second kappa shape index (κ2) is 5.19. The zero-order valence-electron chi connectivity index (χ0n) is 8.05. The predicted molar refractivity (Wildman–Crippen MR) is 50.3 cm³/mol. The third kappa shape index (κ3) is 2.97. The maximum atomic E-state index is 10.9. The van der Waals surface area contributed by atoms with Crippen LogP contribution >= 0.6 is 0 Å². The van der Waals surface area contributed by atoms with E-state index < -0.39 is 0 Å². The van der Waals surface area contributed by atoms with Gasteiger partial charge in [0.25, 0.3) is 0 Å². The number of aliphatic hydroxyl groups is 1. The zero-order chi connectivity index (χ0) is 9.68. The second-order valence-corrected chi connectivity index (χ2v) is 3.53. The van der Waals surface area contributed by atoms with E-state index in [1.807, 2.05) is 0 Å². The molecule has 4 heteroatoms. The third-order valence-electron chi connectivity index (χ3n) is 2.70. The Hall–Kier alpha value is -0.610. The van der Waals surface area contributed by atoms with Crippen molar-refractivity contribution in [3.8, 4) is 0 Å². The lowest BCUT2D eigenvalue weighted by Gasteiger charge is -2.18. The van der Waals surface area contributed by atoms with Crippen LogP contribution in [-0.4, -0.2) is 37.3 Å². The summed E-state index contributed by atoms with van der Waals surface area (Å²) in [5.74, 6) is 0.341. The van der Waals surface area contributed by atoms with Crippen molar-refractivity contribution in [3.63, 3.8) is 0 Å². The normalized spacial score (nSPS) is 27.5. The average molecular weight is 186 g/mol. The highest BCUT2D eigenvalue weighted by Crippen LogP contribution is 2.24. The van der Waals surface area contributed by atoms with Crippen LogP contribution in [0.5, 0.6) is 0 Å². The standard InChI is InChI=1S/C9H18N2O2/c1-10-9(13)5-11-8-4-2-3-7(8)6-12/h7-8,11-12H,2-6H2,1H3,(H,10,13). The quantitative estimate of drug-likeness (QED) is 0.554. The van der Waals surface area contributed by atoms with Crippen molar-refractivity contribution >= 4 is 5.91 Å². The molecule has 2 unspecified atom stereocenters. The molecule has 0 aromatic carbocycles. The molecule has 0 saturated heterocycles. The maximum absolute atomic E-state index is 10.9. The van der Waals surface area contributed by atoms with E-state index in [0.717, 1.165) is 19.3 Å². The fourth-order valence-corrected chi connectivity index (χ4v) is 1.84. The first-order valence-corrected chi connectivity index (χ1v) is 4.82. The molecule has 13 heavy (non-hydrogen) atoms. The molecule has 1 aliphatic rings. The van der Waals surface area contributed by atoms with Gasteiger partial charge in [-0.15, -0.1) is 0 Å². The molecule has 1 aliphatic carbocycles. The molecule has 1 amide bonds. The Labute approximate surface area is 78.7 Å². The fraction of sp³-hybridized carbons (Fsp3) is 0.889. The molecule has 0 radical (unpaired) electrons. The molecule has 1 fully saturated rings. The molecule has 0 aromatic rings. The lowest BCUT2D eigenvalue weighted by Crippen LogP contribution is -2.40. The summed E-state index contributed by atoms with van der Waals surface area (Å²) in [6, 6.07) is 0.322. The molecule has 2 atom stereocenters. The van der Waals surface area contributed by atoms with Crippen molar-refractivity contribution in [2.45, 2.75) is 25.3 Å². The second-order valence-electron chi connectivity index (χ2n) is 3.53. The Morgan fingerprint density at radius 1 is 1.54 bits per heavy atom. The van der Waals surface area contributed by atoms with Crippen LogP contribution in [0.25, 0.3) is 0 Å². The molecule has 3 N–H and O–H groups in total. The van der Waals surface area contributed by atoms with Gasteiger partial charge < -0.3 is 15.7 Å². The summed E-state index contributed by atoms with van der Waals surface area (Å²) in [6.07, 6.45) is 3.29. The predicted octanol–water partition coefficient (Wildman–Crippen LogP) is -0.517. The van der Waals surface area contributed by atoms with E-state index >= 15 is 0 Å². The molecule has 1 saturated carbocycles. The summed E-state index contributed by atoms with van der Waals surface area (Å²) in [5.41, 5.74) is 0. The molecule has 1 rings (SSSR count). The third-order valence-corrected chi connectivity index (χ3v) is 2.70. The minimum atomic E-state index is 0.00332. The minimum Gasteiger partial charge on any atom is -0.396 e. The number of nitrogens with one attached hydrogen (secondary N) is 2. The molecule has 0 spiro atoms. The molecular weight excluding hydrogens is 168 g/mol. The van der Waals surface area contributed by atoms with E-state index in [9.17, 15) is 4.79 Å². The fourth-order valence-electron chi connectivity index (χ4n) is 1.84. The van der Waals surface area contributed by atoms with Crippen LogP contribution < -0.4 is 10.6 Å². The first kappa shape index (κ1) is 10.5. The van der Waals surface area contributed by atoms with Crippen LogP contribution in [0.1, 0.15) is 19.3 Å². The summed E-state index contributed by atoms with van der Waals surface area (Å²) in [5, 5.41) is 14.7. The Balaban J connectivity index is 2.23. The number of amides is 1. The van der Waals surface area contributed by atoms with Gasteiger partial charge in [-0.25, -0.2) is 0 Å². The number of hydrogen-bond donors (Lipinski definition) is 3. The van der Waals surface area contributed by atoms with Crippen molar-refractivity contribution in [3.05, 3.63) is 0 Å². The van der Waals surface area contributed by atoms with Crippen molar-refractivity contribution in [1.29, 1.82) is 0 Å². The molecule has 0 heterocycles. The van der Waals surface area contributed by atoms with E-state index in [1.54, 1.807) is 7.05 Å². The number of likely N-dealkylation sites (N-methyl/N-ethyl adjacent to an activating group) is 1. The first-order valence-electron chi connectivity index (χ1n) is 4.82. The molecule has 76 valence electrons. The molecule has 4 nitrogen and oxygen atoms in total. The molecule has 0 bridgehead atoms. The molecule has 0 aromatic heterocycles. The topological polar surface area (TPSA) is 61.4 Å². The number of rotatable bonds is 4. The Morgan fingerprint density at radius 2 is 2.31 bits per heavy atom. The van der Waals surface area contributed by atoms with Crippen LogP contribution in [0.2, 0.25) is 0 Å². The summed E-state index contributed by atoms with van der Waals surface area (Å²) >= 11 is 0. The highest BCUT2D eigenvalue weighted by molar-refractivity contribution is 5.77. The van der Waals surface area contributed by atoms with Gasteiger partial charge in [0.15, 0.2) is 0 Å². The number of carbonyl (C=O) groups excluding carboxylic acids is 1. The number of carbonyl (C=O) groups is 1. The number of aliphatic hydroxyl groups excluding tert-OH is 1. The van der Waals surface area contributed by atoms with E-state index in [-0.39, 0.29) is 12.5 Å². The lowest BCUT2D eigenvalue weighted by molar-refractivity contribution is -0.119. The monoisotopic (exact) mass is 186 g/mol. The summed E-state index contributed by atoms with van der Waals surface area (Å²) < 4.78 is 0. The van der Waals surface area contributed by atoms with Crippen LogP contribution in [0, 0.1) is 5.92 Å². The molecule has 0 aliphatic heterocycles. The average Bonchev–Trinajstić information content (AvgIpc) is 2.61. The highest BCUT2D eigenvalue weighted by Gasteiger charge is 2.26. The van der Waals surface area contributed by atoms with Gasteiger partial charge >= 0.3 is 0 Å². The van der Waals surface area contributed by atoms with Crippen molar-refractivity contribution in [2.24, 2.45) is 5.92 Å². The summed E-state index contributed by atoms with van der Waals surface area (Å²) in [7, 11) is 1.63. The zero-order valence-corrected chi connectivity index (χ0v) is 8.05. The van der Waals surface area contributed by atoms with Gasteiger partial charge in [-0.1, -0.05) is 6.42 Å². The van der Waals surface area contributed by atoms with Gasteiger partial charge in [-0.3, -0.25) is 4.79 Å². The Morgan fingerprint density at radius 3 is 2.92 bits per heavy atom. The largest absolute Gasteiger partial charge is 0.396 e. The van der Waals surface area contributed by atoms with E-state index in [2.05, 4.69) is 10.6 Å². The summed E-state index contributed by atoms with van der Waals surface area (Å²) in [6.45, 7) is 0.586. The smallest absolute Gasteiger partial charge is 0.233 e. The van der Waals surface area contributed by atoms with E-state index in [0.29, 0.717) is 18.5 Å². The maximum Gasteiger partial charge on any atom is 0.233 e. The van der Waals surface area contributed by atoms with Crippen LogP contribution in [0.4, 0.5) is 0 Å². The van der Waals surface area contributed by atoms with Gasteiger partial charge in [0.2, 0.25) is 5.91 Å². The van der Waals surface area contributed by atoms with Crippen LogP contribution in [0.3, 0.4) is 0 Å². The van der Waals surface area contributed by atoms with E-state index in [1.165, 1.54) is 0 Å².